The molecular weight excluding hydrogens is 282 g/mol. The van der Waals surface area contributed by atoms with Crippen LogP contribution < -0.4 is 0 Å². The SMILES string of the molecule is Cc1cnc(CN(C)C(=O)[C@H]2CC(=O)N(CCN(C)C)C2)[nH]1. The van der Waals surface area contributed by atoms with Gasteiger partial charge in [-0.2, -0.15) is 0 Å². The quantitative estimate of drug-likeness (QED) is 0.808. The van der Waals surface area contributed by atoms with Crippen molar-refractivity contribution in [2.45, 2.75) is 19.9 Å². The number of imidazole rings is 1. The number of carbonyl (C=O) groups excluding carboxylic acids is 2. The highest BCUT2D eigenvalue weighted by atomic mass is 16.2. The standard InChI is InChI=1S/C15H25N5O2/c1-11-8-16-13(17-11)10-19(4)15(22)12-7-14(21)20(9-12)6-5-18(2)3/h8,12H,5-7,9-10H2,1-4H3,(H,16,17)/t12-/m0/s1. The summed E-state index contributed by atoms with van der Waals surface area (Å²) in [5.74, 6) is 0.607. The van der Waals surface area contributed by atoms with Gasteiger partial charge in [0.25, 0.3) is 0 Å². The van der Waals surface area contributed by atoms with E-state index in [9.17, 15) is 9.59 Å². The van der Waals surface area contributed by atoms with E-state index in [1.165, 1.54) is 0 Å². The van der Waals surface area contributed by atoms with Crippen LogP contribution in [0.4, 0.5) is 0 Å². The van der Waals surface area contributed by atoms with Crippen LogP contribution in [-0.2, 0) is 16.1 Å². The molecule has 1 N–H and O–H groups in total. The van der Waals surface area contributed by atoms with Gasteiger partial charge in [-0.3, -0.25) is 9.59 Å². The van der Waals surface area contributed by atoms with Crippen molar-refractivity contribution in [1.29, 1.82) is 0 Å². The predicted octanol–water partition coefficient (Wildman–Crippen LogP) is 0.0866. The number of aryl methyl sites for hydroxylation is 1. The first kappa shape index (κ1) is 16.5. The minimum absolute atomic E-state index is 0.00903. The van der Waals surface area contributed by atoms with Gasteiger partial charge >= 0.3 is 0 Å². The number of H-pyrrole nitrogens is 1. The van der Waals surface area contributed by atoms with E-state index in [0.29, 0.717) is 26.1 Å². The molecule has 0 spiro atoms. The molecule has 122 valence electrons. The Labute approximate surface area is 131 Å². The fourth-order valence-corrected chi connectivity index (χ4v) is 2.64. The fraction of sp³-hybridized carbons (Fsp3) is 0.667. The van der Waals surface area contributed by atoms with Gasteiger partial charge in [0.1, 0.15) is 5.82 Å². The summed E-state index contributed by atoms with van der Waals surface area (Å²) >= 11 is 0. The first-order chi connectivity index (χ1) is 10.4. The summed E-state index contributed by atoms with van der Waals surface area (Å²) in [6, 6.07) is 0. The number of aromatic nitrogens is 2. The molecular formula is C15H25N5O2. The van der Waals surface area contributed by atoms with E-state index in [4.69, 9.17) is 0 Å². The van der Waals surface area contributed by atoms with E-state index in [-0.39, 0.29) is 17.7 Å². The molecule has 0 saturated carbocycles. The lowest BCUT2D eigenvalue weighted by Crippen LogP contribution is -2.36. The second kappa shape index (κ2) is 6.91. The number of nitrogens with one attached hydrogen (secondary N) is 1. The Kier molecular flexibility index (Phi) is 5.18. The Bertz CT molecular complexity index is 540. The maximum absolute atomic E-state index is 12.5. The summed E-state index contributed by atoms with van der Waals surface area (Å²) in [7, 11) is 5.71. The summed E-state index contributed by atoms with van der Waals surface area (Å²) in [4.78, 5) is 37.3. The van der Waals surface area contributed by atoms with Gasteiger partial charge in [0.15, 0.2) is 0 Å². The fourth-order valence-electron chi connectivity index (χ4n) is 2.64. The molecule has 22 heavy (non-hydrogen) atoms. The van der Waals surface area contributed by atoms with Crippen LogP contribution in [-0.4, -0.2) is 77.3 Å². The van der Waals surface area contributed by atoms with Crippen LogP contribution in [0.25, 0.3) is 0 Å². The van der Waals surface area contributed by atoms with E-state index in [2.05, 4.69) is 9.97 Å². The summed E-state index contributed by atoms with van der Waals surface area (Å²) < 4.78 is 0. The molecule has 0 bridgehead atoms. The van der Waals surface area contributed by atoms with E-state index >= 15 is 0 Å². The van der Waals surface area contributed by atoms with E-state index in [1.54, 1.807) is 23.0 Å². The minimum atomic E-state index is -0.240. The maximum Gasteiger partial charge on any atom is 0.228 e. The van der Waals surface area contributed by atoms with Crippen molar-refractivity contribution in [3.05, 3.63) is 17.7 Å². The van der Waals surface area contributed by atoms with Crippen molar-refractivity contribution in [3.63, 3.8) is 0 Å². The van der Waals surface area contributed by atoms with Gasteiger partial charge in [-0.05, 0) is 21.0 Å². The van der Waals surface area contributed by atoms with Crippen LogP contribution in [0.15, 0.2) is 6.20 Å². The van der Waals surface area contributed by atoms with Crippen molar-refractivity contribution in [1.82, 2.24) is 24.7 Å². The first-order valence-electron chi connectivity index (χ1n) is 7.54. The second-order valence-corrected chi connectivity index (χ2v) is 6.25. The zero-order valence-corrected chi connectivity index (χ0v) is 13.8. The Balaban J connectivity index is 1.88. The second-order valence-electron chi connectivity index (χ2n) is 6.25. The zero-order chi connectivity index (χ0) is 16.3. The average Bonchev–Trinajstić information content (AvgIpc) is 3.01. The molecule has 1 saturated heterocycles. The van der Waals surface area contributed by atoms with E-state index in [0.717, 1.165) is 18.1 Å². The molecule has 0 radical (unpaired) electrons. The highest BCUT2D eigenvalue weighted by molar-refractivity contribution is 5.89. The number of likely N-dealkylation sites (tertiary alicyclic amines) is 1. The van der Waals surface area contributed by atoms with E-state index in [1.807, 2.05) is 25.9 Å². The largest absolute Gasteiger partial charge is 0.345 e. The van der Waals surface area contributed by atoms with Crippen molar-refractivity contribution in [3.8, 4) is 0 Å². The van der Waals surface area contributed by atoms with Gasteiger partial charge in [0, 0.05) is 45.0 Å². The summed E-state index contributed by atoms with van der Waals surface area (Å²) in [5.41, 5.74) is 0.974. The number of amides is 2. The lowest BCUT2D eigenvalue weighted by atomic mass is 10.1. The molecule has 0 unspecified atom stereocenters. The molecule has 0 aliphatic carbocycles. The van der Waals surface area contributed by atoms with Gasteiger partial charge in [-0.25, -0.2) is 4.98 Å². The monoisotopic (exact) mass is 307 g/mol. The van der Waals surface area contributed by atoms with Crippen LogP contribution >= 0.6 is 0 Å². The number of hydrogen-bond donors (Lipinski definition) is 1. The molecule has 2 heterocycles. The third kappa shape index (κ3) is 4.07. The molecule has 1 atom stereocenters. The van der Waals surface area contributed by atoms with Gasteiger partial charge in [-0.1, -0.05) is 0 Å². The Morgan fingerprint density at radius 1 is 1.45 bits per heavy atom. The molecule has 1 aliphatic heterocycles. The van der Waals surface area contributed by atoms with E-state index < -0.39 is 0 Å². The normalized spacial score (nSPS) is 18.3. The molecule has 7 nitrogen and oxygen atoms in total. The molecule has 1 aromatic heterocycles. The molecule has 1 aliphatic rings. The third-order valence-corrected chi connectivity index (χ3v) is 3.90. The highest BCUT2D eigenvalue weighted by Crippen LogP contribution is 2.20. The lowest BCUT2D eigenvalue weighted by Gasteiger charge is -2.21. The Morgan fingerprint density at radius 3 is 2.77 bits per heavy atom. The molecule has 7 heteroatoms. The lowest BCUT2D eigenvalue weighted by molar-refractivity contribution is -0.135. The summed E-state index contributed by atoms with van der Waals surface area (Å²) in [5, 5.41) is 0. The number of aromatic amines is 1. The molecule has 1 fully saturated rings. The van der Waals surface area contributed by atoms with Crippen molar-refractivity contribution in [2.75, 3.05) is 40.8 Å². The number of hydrogen-bond acceptors (Lipinski definition) is 4. The molecule has 2 amide bonds. The Hall–Kier alpha value is -1.89. The van der Waals surface area contributed by atoms with Gasteiger partial charge in [0.2, 0.25) is 11.8 Å². The van der Waals surface area contributed by atoms with Crippen LogP contribution in [0.5, 0.6) is 0 Å². The molecule has 0 aromatic carbocycles. The smallest absolute Gasteiger partial charge is 0.228 e. The molecule has 1 aromatic rings. The van der Waals surface area contributed by atoms with Crippen molar-refractivity contribution < 1.29 is 9.59 Å². The topological polar surface area (TPSA) is 72.5 Å². The van der Waals surface area contributed by atoms with Crippen LogP contribution in [0.3, 0.4) is 0 Å². The van der Waals surface area contributed by atoms with Crippen molar-refractivity contribution >= 4 is 11.8 Å². The van der Waals surface area contributed by atoms with Gasteiger partial charge < -0.3 is 19.7 Å². The number of nitrogens with zero attached hydrogens (tertiary/aromatic N) is 4. The van der Waals surface area contributed by atoms with Crippen LogP contribution in [0, 0.1) is 12.8 Å². The summed E-state index contributed by atoms with van der Waals surface area (Å²) in [6.07, 6.45) is 2.06. The molecule has 2 rings (SSSR count). The van der Waals surface area contributed by atoms with Crippen LogP contribution in [0.1, 0.15) is 17.9 Å². The number of carbonyl (C=O) groups is 2. The van der Waals surface area contributed by atoms with Gasteiger partial charge in [0.05, 0.1) is 12.5 Å². The van der Waals surface area contributed by atoms with Crippen LogP contribution in [0.2, 0.25) is 0 Å². The first-order valence-corrected chi connectivity index (χ1v) is 7.54. The number of rotatable bonds is 6. The van der Waals surface area contributed by atoms with Gasteiger partial charge in [-0.15, -0.1) is 0 Å². The maximum atomic E-state index is 12.5. The predicted molar refractivity (Wildman–Crippen MR) is 83.0 cm³/mol. The zero-order valence-electron chi connectivity index (χ0n) is 13.8. The highest BCUT2D eigenvalue weighted by Gasteiger charge is 2.35. The third-order valence-electron chi connectivity index (χ3n) is 3.90. The number of likely N-dealkylation sites (N-methyl/N-ethyl adjacent to an activating group) is 1. The van der Waals surface area contributed by atoms with Crippen molar-refractivity contribution in [2.24, 2.45) is 5.92 Å². The minimum Gasteiger partial charge on any atom is -0.345 e. The average molecular weight is 307 g/mol. The summed E-state index contributed by atoms with van der Waals surface area (Å²) in [6.45, 7) is 4.38. The Morgan fingerprint density at radius 2 is 2.18 bits per heavy atom.